The van der Waals surface area contributed by atoms with Crippen molar-refractivity contribution in [2.24, 2.45) is 0 Å². The number of fused-ring (bicyclic) bond motifs is 2. The smallest absolute Gasteiger partial charge is 0.258 e. The minimum absolute atomic E-state index is 0.107. The number of likely N-dealkylation sites (N-methyl/N-ethyl adjacent to an activating group) is 1. The molecule has 0 N–H and O–H groups in total. The molecule has 0 aliphatic carbocycles. The van der Waals surface area contributed by atoms with E-state index in [1.807, 2.05) is 41.3 Å². The summed E-state index contributed by atoms with van der Waals surface area (Å²) in [5.41, 5.74) is 5.52. The summed E-state index contributed by atoms with van der Waals surface area (Å²) >= 11 is 0. The third-order valence-electron chi connectivity index (χ3n) is 7.02. The molecule has 1 saturated heterocycles. The number of hydrogen-bond donors (Lipinski definition) is 0. The van der Waals surface area contributed by atoms with E-state index >= 15 is 0 Å². The first-order chi connectivity index (χ1) is 15.7. The lowest BCUT2D eigenvalue weighted by Crippen LogP contribution is -2.41. The van der Waals surface area contributed by atoms with Crippen LogP contribution in [0, 0.1) is 0 Å². The van der Waals surface area contributed by atoms with Gasteiger partial charge in [-0.15, -0.1) is 0 Å². The average molecular weight is 423 g/mol. The van der Waals surface area contributed by atoms with Crippen LogP contribution in [0.25, 0.3) is 11.1 Å². The van der Waals surface area contributed by atoms with Gasteiger partial charge in [0.1, 0.15) is 0 Å². The number of benzene rings is 3. The predicted molar refractivity (Wildman–Crippen MR) is 130 cm³/mol. The van der Waals surface area contributed by atoms with Gasteiger partial charge in [0.05, 0.1) is 0 Å². The molecule has 2 aliphatic heterocycles. The number of hydrogen-bond acceptors (Lipinski definition) is 2. The second-order valence-electron chi connectivity index (χ2n) is 8.96. The van der Waals surface area contributed by atoms with E-state index in [1.54, 1.807) is 0 Å². The summed E-state index contributed by atoms with van der Waals surface area (Å²) in [6.07, 6.45) is 6.56. The molecule has 2 atom stereocenters. The molecule has 162 valence electrons. The lowest BCUT2D eigenvalue weighted by molar-refractivity contribution is 0.0787. The van der Waals surface area contributed by atoms with E-state index in [-0.39, 0.29) is 5.91 Å². The van der Waals surface area contributed by atoms with Gasteiger partial charge in [-0.05, 0) is 61.2 Å². The van der Waals surface area contributed by atoms with Gasteiger partial charge in [0.15, 0.2) is 0 Å². The molecule has 2 bridgehead atoms. The van der Waals surface area contributed by atoms with Crippen LogP contribution in [-0.4, -0.2) is 41.4 Å². The zero-order valence-electron chi connectivity index (χ0n) is 18.7. The Hall–Kier alpha value is -3.17. The first-order valence-electron chi connectivity index (χ1n) is 11.6. The van der Waals surface area contributed by atoms with E-state index in [2.05, 4.69) is 66.6 Å². The highest BCUT2D eigenvalue weighted by Gasteiger charge is 2.36. The fraction of sp³-hybridized carbons (Fsp3) is 0.276. The van der Waals surface area contributed by atoms with Gasteiger partial charge in [-0.1, -0.05) is 72.8 Å². The van der Waals surface area contributed by atoms with Crippen LogP contribution in [0.2, 0.25) is 0 Å². The van der Waals surface area contributed by atoms with E-state index in [9.17, 15) is 4.79 Å². The van der Waals surface area contributed by atoms with Crippen molar-refractivity contribution >= 4 is 5.91 Å². The molecular weight excluding hydrogens is 392 g/mol. The second-order valence-corrected chi connectivity index (χ2v) is 8.96. The molecule has 3 heteroatoms. The molecule has 2 heterocycles. The van der Waals surface area contributed by atoms with E-state index in [0.717, 1.165) is 24.0 Å². The zero-order chi connectivity index (χ0) is 21.9. The van der Waals surface area contributed by atoms with E-state index in [4.69, 9.17) is 0 Å². The maximum Gasteiger partial charge on any atom is 0.258 e. The number of carbonyl (C=O) groups is 1. The van der Waals surface area contributed by atoms with Crippen LogP contribution in [0.5, 0.6) is 0 Å². The third kappa shape index (κ3) is 4.26. The van der Waals surface area contributed by atoms with Crippen molar-refractivity contribution in [1.29, 1.82) is 0 Å². The first kappa shape index (κ1) is 20.7. The zero-order valence-corrected chi connectivity index (χ0v) is 18.7. The van der Waals surface area contributed by atoms with Crippen molar-refractivity contribution in [2.45, 2.75) is 37.8 Å². The molecule has 5 rings (SSSR count). The molecule has 0 aromatic heterocycles. The van der Waals surface area contributed by atoms with Crippen molar-refractivity contribution in [1.82, 2.24) is 9.80 Å². The Kier molecular flexibility index (Phi) is 5.91. The number of rotatable bonds is 6. The summed E-state index contributed by atoms with van der Waals surface area (Å²) in [6.45, 7) is 0.707. The number of amides is 1. The van der Waals surface area contributed by atoms with Gasteiger partial charge in [0, 0.05) is 36.3 Å². The van der Waals surface area contributed by atoms with Gasteiger partial charge in [-0.3, -0.25) is 9.69 Å². The maximum atomic E-state index is 13.7. The Morgan fingerprint density at radius 3 is 2.22 bits per heavy atom. The minimum Gasteiger partial charge on any atom is -0.312 e. The van der Waals surface area contributed by atoms with Crippen molar-refractivity contribution in [3.05, 3.63) is 108 Å². The fourth-order valence-corrected chi connectivity index (χ4v) is 5.07. The molecule has 2 aliphatic rings. The molecular formula is C29H30N2O. The lowest BCUT2D eigenvalue weighted by atomic mass is 10.0. The minimum atomic E-state index is 0.107. The van der Waals surface area contributed by atoms with Gasteiger partial charge < -0.3 is 4.90 Å². The molecule has 2 unspecified atom stereocenters. The molecule has 1 amide bonds. The Labute approximate surface area is 191 Å². The molecule has 3 nitrogen and oxygen atoms in total. The molecule has 3 aromatic carbocycles. The lowest BCUT2D eigenvalue weighted by Gasteiger charge is -2.35. The Morgan fingerprint density at radius 1 is 0.875 bits per heavy atom. The van der Waals surface area contributed by atoms with Gasteiger partial charge in [0.25, 0.3) is 5.91 Å². The molecule has 3 aromatic rings. The van der Waals surface area contributed by atoms with Crippen LogP contribution in [0.4, 0.5) is 0 Å². The van der Waals surface area contributed by atoms with Crippen molar-refractivity contribution in [3.63, 3.8) is 0 Å². The largest absolute Gasteiger partial charge is 0.312 e. The van der Waals surface area contributed by atoms with Crippen LogP contribution in [0.3, 0.4) is 0 Å². The van der Waals surface area contributed by atoms with Crippen LogP contribution in [0.15, 0.2) is 96.7 Å². The highest BCUT2D eigenvalue weighted by atomic mass is 16.2. The molecule has 0 saturated carbocycles. The summed E-state index contributed by atoms with van der Waals surface area (Å²) < 4.78 is 0. The van der Waals surface area contributed by atoms with Gasteiger partial charge >= 0.3 is 0 Å². The van der Waals surface area contributed by atoms with Gasteiger partial charge in [-0.25, -0.2) is 0 Å². The molecule has 0 spiro atoms. The van der Waals surface area contributed by atoms with E-state index in [1.165, 1.54) is 29.7 Å². The average Bonchev–Trinajstić information content (AvgIpc) is 3.05. The van der Waals surface area contributed by atoms with E-state index < -0.39 is 0 Å². The Balaban J connectivity index is 1.40. The highest BCUT2D eigenvalue weighted by molar-refractivity contribution is 5.96. The first-order valence-corrected chi connectivity index (χ1v) is 11.6. The molecule has 32 heavy (non-hydrogen) atoms. The highest BCUT2D eigenvalue weighted by Crippen LogP contribution is 2.35. The number of nitrogens with zero attached hydrogens (tertiary/aromatic N) is 2. The van der Waals surface area contributed by atoms with Crippen LogP contribution in [-0.2, 0) is 6.42 Å². The monoisotopic (exact) mass is 422 g/mol. The predicted octanol–water partition coefficient (Wildman–Crippen LogP) is 5.79. The van der Waals surface area contributed by atoms with Crippen LogP contribution >= 0.6 is 0 Å². The standard InChI is InChI=1S/C29H30N2O/c1-30-26-16-17-27(30)21-28(20-26)31(19-18-22-8-4-2-5-9-22)29(32)25-14-12-24(13-15-25)23-10-6-3-7-11-23/h2-15,20,26-27H,16-19,21H2,1H3. The van der Waals surface area contributed by atoms with Crippen LogP contribution in [0.1, 0.15) is 35.2 Å². The quantitative estimate of drug-likeness (QED) is 0.502. The maximum absolute atomic E-state index is 13.7. The summed E-state index contributed by atoms with van der Waals surface area (Å²) in [5, 5.41) is 0. The second kappa shape index (κ2) is 9.13. The SMILES string of the molecule is CN1C2C=C(N(CCc3ccccc3)C(=O)c3ccc(-c4ccccc4)cc3)CC1CC2. The van der Waals surface area contributed by atoms with Crippen molar-refractivity contribution in [2.75, 3.05) is 13.6 Å². The number of carbonyl (C=O) groups excluding carboxylic acids is 1. The van der Waals surface area contributed by atoms with Crippen molar-refractivity contribution < 1.29 is 4.79 Å². The van der Waals surface area contributed by atoms with Crippen LogP contribution < -0.4 is 0 Å². The summed E-state index contributed by atoms with van der Waals surface area (Å²) in [7, 11) is 2.22. The topological polar surface area (TPSA) is 23.6 Å². The summed E-state index contributed by atoms with van der Waals surface area (Å²) in [6, 6.07) is 29.8. The summed E-state index contributed by atoms with van der Waals surface area (Å²) in [4.78, 5) is 18.2. The van der Waals surface area contributed by atoms with E-state index in [0.29, 0.717) is 18.6 Å². The Bertz CT molecular complexity index is 1090. The van der Waals surface area contributed by atoms with Crippen molar-refractivity contribution in [3.8, 4) is 11.1 Å². The summed E-state index contributed by atoms with van der Waals surface area (Å²) in [5.74, 6) is 0.107. The third-order valence-corrected chi connectivity index (χ3v) is 7.02. The molecule has 1 fully saturated rings. The molecule has 0 radical (unpaired) electrons. The van der Waals surface area contributed by atoms with Gasteiger partial charge in [-0.2, -0.15) is 0 Å². The normalized spacial score (nSPS) is 20.1. The Morgan fingerprint density at radius 2 is 1.53 bits per heavy atom. The van der Waals surface area contributed by atoms with Gasteiger partial charge in [0.2, 0.25) is 0 Å². The fourth-order valence-electron chi connectivity index (χ4n) is 5.07.